The predicted octanol–water partition coefficient (Wildman–Crippen LogP) is 1.91. The van der Waals surface area contributed by atoms with Gasteiger partial charge in [-0.25, -0.2) is 13.1 Å². The second-order valence-corrected chi connectivity index (χ2v) is 9.80. The van der Waals surface area contributed by atoms with Crippen molar-refractivity contribution in [2.45, 2.75) is 18.2 Å². The summed E-state index contributed by atoms with van der Waals surface area (Å²) in [5.74, 6) is -0.799. The van der Waals surface area contributed by atoms with Crippen LogP contribution in [0, 0.1) is 23.7 Å². The molecule has 32 heavy (non-hydrogen) atoms. The molecule has 1 aromatic heterocycles. The van der Waals surface area contributed by atoms with Gasteiger partial charge < -0.3 is 4.42 Å². The Hall–Kier alpha value is -3.53. The Morgan fingerprint density at radius 2 is 1.69 bits per heavy atom. The highest BCUT2D eigenvalue weighted by Crippen LogP contribution is 2.52. The summed E-state index contributed by atoms with van der Waals surface area (Å²) in [5, 5.41) is 5.03. The van der Waals surface area contributed by atoms with Gasteiger partial charge in [-0.2, -0.15) is 10.1 Å². The Kier molecular flexibility index (Phi) is 4.63. The first-order valence-electron chi connectivity index (χ1n) is 10.1. The van der Waals surface area contributed by atoms with Gasteiger partial charge in [0.2, 0.25) is 5.91 Å². The Labute approximate surface area is 183 Å². The van der Waals surface area contributed by atoms with E-state index >= 15 is 0 Å². The van der Waals surface area contributed by atoms with Gasteiger partial charge in [-0.1, -0.05) is 12.2 Å². The molecule has 2 heterocycles. The van der Waals surface area contributed by atoms with Crippen molar-refractivity contribution < 1.29 is 27.2 Å². The van der Waals surface area contributed by atoms with E-state index in [0.717, 1.165) is 18.4 Å². The van der Waals surface area contributed by atoms with Crippen molar-refractivity contribution in [3.8, 4) is 11.3 Å². The molecule has 4 unspecified atom stereocenters. The minimum absolute atomic E-state index is 0.0511. The van der Waals surface area contributed by atoms with Crippen LogP contribution >= 0.6 is 0 Å². The molecule has 0 radical (unpaired) electrons. The molecule has 5 rings (SSSR count). The fraction of sp³-hybridized carbons (Fsp3) is 0.273. The highest BCUT2D eigenvalue weighted by Gasteiger charge is 2.59. The van der Waals surface area contributed by atoms with E-state index in [1.165, 1.54) is 18.3 Å². The second kappa shape index (κ2) is 7.27. The number of benzene rings is 1. The van der Waals surface area contributed by atoms with Gasteiger partial charge in [0, 0.05) is 12.5 Å². The van der Waals surface area contributed by atoms with Crippen molar-refractivity contribution >= 4 is 34.0 Å². The molecule has 0 spiro atoms. The van der Waals surface area contributed by atoms with Crippen molar-refractivity contribution in [1.82, 2.24) is 9.73 Å². The largest absolute Gasteiger partial charge is 0.455 e. The first-order valence-corrected chi connectivity index (χ1v) is 11.6. The molecule has 1 aromatic carbocycles. The first-order chi connectivity index (χ1) is 15.2. The van der Waals surface area contributed by atoms with E-state index in [9.17, 15) is 22.8 Å². The summed E-state index contributed by atoms with van der Waals surface area (Å²) in [7, 11) is -3.92. The van der Waals surface area contributed by atoms with Crippen LogP contribution in [0.2, 0.25) is 0 Å². The van der Waals surface area contributed by atoms with Crippen LogP contribution in [0.25, 0.3) is 11.3 Å². The van der Waals surface area contributed by atoms with Crippen LogP contribution in [0.15, 0.2) is 63.0 Å². The van der Waals surface area contributed by atoms with Crippen molar-refractivity contribution in [3.05, 3.63) is 54.3 Å². The van der Waals surface area contributed by atoms with Crippen LogP contribution < -0.4 is 4.72 Å². The molecule has 2 fully saturated rings. The number of amides is 3. The summed E-state index contributed by atoms with van der Waals surface area (Å²) in [4.78, 5) is 36.3. The van der Waals surface area contributed by atoms with Crippen molar-refractivity contribution in [2.75, 3.05) is 0 Å². The molecule has 1 aliphatic heterocycles. The zero-order chi connectivity index (χ0) is 22.6. The molecule has 2 aromatic rings. The lowest BCUT2D eigenvalue weighted by Gasteiger charge is -2.13. The average molecular weight is 453 g/mol. The van der Waals surface area contributed by atoms with E-state index in [4.69, 9.17) is 4.42 Å². The highest BCUT2D eigenvalue weighted by molar-refractivity contribution is 7.90. The van der Waals surface area contributed by atoms with Gasteiger partial charge >= 0.3 is 0 Å². The summed E-state index contributed by atoms with van der Waals surface area (Å²) < 4.78 is 31.7. The van der Waals surface area contributed by atoms with E-state index in [-0.39, 0.29) is 40.4 Å². The lowest BCUT2D eigenvalue weighted by atomic mass is 9.85. The summed E-state index contributed by atoms with van der Waals surface area (Å²) in [6, 6.07) is 9.13. The fourth-order valence-electron chi connectivity index (χ4n) is 4.74. The summed E-state index contributed by atoms with van der Waals surface area (Å²) in [5.41, 5.74) is 0.608. The van der Waals surface area contributed by atoms with Gasteiger partial charge in [0.15, 0.2) is 0 Å². The third-order valence-electron chi connectivity index (χ3n) is 6.10. The second-order valence-electron chi connectivity index (χ2n) is 8.12. The maximum absolute atomic E-state index is 12.7. The fourth-order valence-corrected chi connectivity index (χ4v) is 5.73. The molecule has 1 N–H and O–H groups in total. The van der Waals surface area contributed by atoms with Gasteiger partial charge in [-0.3, -0.25) is 14.4 Å². The summed E-state index contributed by atoms with van der Waals surface area (Å²) >= 11 is 0. The number of rotatable bonds is 5. The van der Waals surface area contributed by atoms with Gasteiger partial charge in [-0.15, -0.1) is 0 Å². The number of hydrogen-bond donors (Lipinski definition) is 1. The summed E-state index contributed by atoms with van der Waals surface area (Å²) in [6.45, 7) is 1.12. The van der Waals surface area contributed by atoms with E-state index in [1.54, 1.807) is 24.3 Å². The van der Waals surface area contributed by atoms with Crippen molar-refractivity contribution in [2.24, 2.45) is 28.8 Å². The molecular formula is C22H19N3O6S. The van der Waals surface area contributed by atoms with Gasteiger partial charge in [0.25, 0.3) is 21.8 Å². The Bertz CT molecular complexity index is 1260. The third kappa shape index (κ3) is 3.27. The zero-order valence-corrected chi connectivity index (χ0v) is 17.8. The van der Waals surface area contributed by atoms with Gasteiger partial charge in [0.1, 0.15) is 11.5 Å². The van der Waals surface area contributed by atoms with Gasteiger partial charge in [0.05, 0.1) is 22.9 Å². The standard InChI is InChI=1S/C22H19N3O6S/c1-12(26)24-32(29,30)17-7-4-13(5-8-17)18-9-6-16(31-18)11-23-25-21(27)19-14-2-3-15(10-14)20(19)22(25)28/h2-9,11,14-15,19-20H,10H2,1H3,(H,24,26). The maximum Gasteiger partial charge on any atom is 0.264 e. The molecule has 3 amide bonds. The molecule has 9 nitrogen and oxygen atoms in total. The molecule has 3 aliphatic rings. The highest BCUT2D eigenvalue weighted by atomic mass is 32.2. The smallest absolute Gasteiger partial charge is 0.264 e. The molecule has 2 aliphatic carbocycles. The predicted molar refractivity (Wildman–Crippen MR) is 112 cm³/mol. The number of sulfonamides is 1. The van der Waals surface area contributed by atoms with E-state index < -0.39 is 15.9 Å². The minimum Gasteiger partial charge on any atom is -0.455 e. The number of carbonyl (C=O) groups is 3. The zero-order valence-electron chi connectivity index (χ0n) is 17.0. The molecule has 164 valence electrons. The molecule has 2 bridgehead atoms. The lowest BCUT2D eigenvalue weighted by Crippen LogP contribution is -2.28. The lowest BCUT2D eigenvalue weighted by molar-refractivity contribution is -0.140. The number of hydrazone groups is 1. The van der Waals surface area contributed by atoms with Crippen LogP contribution in [0.1, 0.15) is 19.1 Å². The number of nitrogens with one attached hydrogen (secondary N) is 1. The number of hydrogen-bond acceptors (Lipinski definition) is 7. The van der Waals surface area contributed by atoms with E-state index in [1.807, 2.05) is 16.9 Å². The average Bonchev–Trinajstić information content (AvgIpc) is 3.51. The van der Waals surface area contributed by atoms with Crippen LogP contribution in [0.3, 0.4) is 0 Å². The normalized spacial score (nSPS) is 26.3. The molecule has 4 atom stereocenters. The molecule has 1 saturated carbocycles. The summed E-state index contributed by atoms with van der Waals surface area (Å²) in [6.07, 6.45) is 6.23. The number of carbonyl (C=O) groups excluding carboxylic acids is 3. The molecule has 1 saturated heterocycles. The minimum atomic E-state index is -3.92. The maximum atomic E-state index is 12.7. The van der Waals surface area contributed by atoms with E-state index in [2.05, 4.69) is 5.10 Å². The number of allylic oxidation sites excluding steroid dienone is 2. The third-order valence-corrected chi connectivity index (χ3v) is 7.55. The number of fused-ring (bicyclic) bond motifs is 5. The van der Waals surface area contributed by atoms with Crippen LogP contribution in [0.5, 0.6) is 0 Å². The number of furan rings is 1. The first kappa shape index (κ1) is 20.4. The topological polar surface area (TPSA) is 126 Å². The van der Waals surface area contributed by atoms with Crippen molar-refractivity contribution in [1.29, 1.82) is 0 Å². The Morgan fingerprint density at radius 3 is 2.28 bits per heavy atom. The van der Waals surface area contributed by atoms with Crippen LogP contribution in [-0.4, -0.2) is 37.4 Å². The molecule has 10 heteroatoms. The van der Waals surface area contributed by atoms with Gasteiger partial charge in [-0.05, 0) is 54.7 Å². The SMILES string of the molecule is CC(=O)NS(=O)(=O)c1ccc(-c2ccc(C=NN3C(=O)C4C5C=CC(C5)C4C3=O)o2)cc1. The van der Waals surface area contributed by atoms with E-state index in [0.29, 0.717) is 17.1 Å². The number of nitrogens with zero attached hydrogens (tertiary/aromatic N) is 2. The molecular weight excluding hydrogens is 434 g/mol. The quantitative estimate of drug-likeness (QED) is 0.419. The van der Waals surface area contributed by atoms with Crippen molar-refractivity contribution in [3.63, 3.8) is 0 Å². The Morgan fingerprint density at radius 1 is 1.06 bits per heavy atom. The van der Waals surface area contributed by atoms with Crippen LogP contribution in [0.4, 0.5) is 0 Å². The Balaban J connectivity index is 1.31. The van der Waals surface area contributed by atoms with Crippen LogP contribution in [-0.2, 0) is 24.4 Å². The monoisotopic (exact) mass is 453 g/mol. The number of imide groups is 1.